The number of aromatic nitrogens is 3. The lowest BCUT2D eigenvalue weighted by molar-refractivity contribution is 0.549. The first-order valence-corrected chi connectivity index (χ1v) is 8.25. The Morgan fingerprint density at radius 3 is 2.45 bits per heavy atom. The van der Waals surface area contributed by atoms with Crippen molar-refractivity contribution in [3.05, 3.63) is 41.7 Å². The first kappa shape index (κ1) is 14.7. The molecule has 2 N–H and O–H groups in total. The van der Waals surface area contributed by atoms with Crippen molar-refractivity contribution in [3.63, 3.8) is 0 Å². The van der Waals surface area contributed by atoms with E-state index in [1.807, 2.05) is 37.3 Å². The molecule has 0 unspecified atom stereocenters. The Hall–Kier alpha value is -1.73. The molecule has 0 aliphatic carbocycles. The Kier molecular flexibility index (Phi) is 4.20. The third-order valence-electron chi connectivity index (χ3n) is 3.02. The molecular formula is C13H18N4O2S. The summed E-state index contributed by atoms with van der Waals surface area (Å²) in [6.45, 7) is 2.31. The summed E-state index contributed by atoms with van der Waals surface area (Å²) in [7, 11) is -3.40. The maximum Gasteiger partial charge on any atom is 0.249 e. The highest BCUT2D eigenvalue weighted by molar-refractivity contribution is 7.90. The minimum Gasteiger partial charge on any atom is -0.321 e. The zero-order valence-corrected chi connectivity index (χ0v) is 12.3. The van der Waals surface area contributed by atoms with Gasteiger partial charge >= 0.3 is 0 Å². The molecule has 1 aromatic carbocycles. The molecular weight excluding hydrogens is 276 g/mol. The van der Waals surface area contributed by atoms with Gasteiger partial charge in [-0.15, -0.1) is 10.2 Å². The second-order valence-corrected chi connectivity index (χ2v) is 6.56. The van der Waals surface area contributed by atoms with E-state index < -0.39 is 9.84 Å². The number of rotatable bonds is 5. The summed E-state index contributed by atoms with van der Waals surface area (Å²) in [6.07, 6.45) is 1.71. The lowest BCUT2D eigenvalue weighted by Crippen LogP contribution is -2.20. The predicted molar refractivity (Wildman–Crippen MR) is 75.9 cm³/mol. The van der Waals surface area contributed by atoms with Crippen LogP contribution in [0.4, 0.5) is 0 Å². The molecule has 0 radical (unpaired) electrons. The Morgan fingerprint density at radius 1 is 1.25 bits per heavy atom. The minimum atomic E-state index is -3.40. The number of nitrogens with two attached hydrogens (primary N) is 1. The fourth-order valence-electron chi connectivity index (χ4n) is 2.11. The quantitative estimate of drug-likeness (QED) is 0.886. The van der Waals surface area contributed by atoms with Crippen LogP contribution in [-0.4, -0.2) is 29.4 Å². The monoisotopic (exact) mass is 294 g/mol. The van der Waals surface area contributed by atoms with Crippen LogP contribution in [0.3, 0.4) is 0 Å². The third kappa shape index (κ3) is 3.05. The van der Waals surface area contributed by atoms with Crippen molar-refractivity contribution < 1.29 is 8.42 Å². The Morgan fingerprint density at radius 2 is 1.90 bits per heavy atom. The van der Waals surface area contributed by atoms with Crippen molar-refractivity contribution in [2.24, 2.45) is 5.73 Å². The predicted octanol–water partition coefficient (Wildman–Crippen LogP) is 0.944. The number of sulfone groups is 1. The van der Waals surface area contributed by atoms with Crippen molar-refractivity contribution in [2.45, 2.75) is 31.1 Å². The number of hydrogen-bond donors (Lipinski definition) is 1. The summed E-state index contributed by atoms with van der Waals surface area (Å²) >= 11 is 0. The second-order valence-electron chi connectivity index (χ2n) is 4.65. The maximum atomic E-state index is 11.6. The summed E-state index contributed by atoms with van der Waals surface area (Å²) in [5.74, 6) is 0.497. The molecule has 0 fully saturated rings. The van der Waals surface area contributed by atoms with Gasteiger partial charge < -0.3 is 10.3 Å². The highest BCUT2D eigenvalue weighted by Gasteiger charge is 2.23. The number of benzene rings is 1. The Balaban J connectivity index is 2.31. The number of hydrogen-bond acceptors (Lipinski definition) is 5. The highest BCUT2D eigenvalue weighted by Crippen LogP contribution is 2.17. The van der Waals surface area contributed by atoms with Crippen LogP contribution in [0.2, 0.25) is 0 Å². The lowest BCUT2D eigenvalue weighted by atomic mass is 10.1. The van der Waals surface area contributed by atoms with E-state index in [-0.39, 0.29) is 11.2 Å². The van der Waals surface area contributed by atoms with E-state index in [4.69, 9.17) is 5.73 Å². The maximum absolute atomic E-state index is 11.6. The van der Waals surface area contributed by atoms with Gasteiger partial charge in [0.2, 0.25) is 15.0 Å². The van der Waals surface area contributed by atoms with Gasteiger partial charge in [-0.25, -0.2) is 8.42 Å². The lowest BCUT2D eigenvalue weighted by Gasteiger charge is -2.13. The standard InChI is InChI=1S/C13H18N4O2S/c1-3-17-12(15-16-13(17)20(2,18)19)11(14)9-10-7-5-4-6-8-10/h4-8,11H,3,9,14H2,1-2H3/t11-/m0/s1. The summed E-state index contributed by atoms with van der Waals surface area (Å²) < 4.78 is 24.8. The normalized spacial score (nSPS) is 13.3. The molecule has 1 aromatic heterocycles. The van der Waals surface area contributed by atoms with Gasteiger partial charge in [0.25, 0.3) is 0 Å². The van der Waals surface area contributed by atoms with Gasteiger partial charge in [0, 0.05) is 12.8 Å². The molecule has 0 saturated heterocycles. The molecule has 0 spiro atoms. The molecule has 1 atom stereocenters. The second kappa shape index (κ2) is 5.72. The van der Waals surface area contributed by atoms with E-state index in [9.17, 15) is 8.42 Å². The van der Waals surface area contributed by atoms with Crippen LogP contribution in [0.5, 0.6) is 0 Å². The van der Waals surface area contributed by atoms with Gasteiger partial charge in [-0.2, -0.15) is 0 Å². The van der Waals surface area contributed by atoms with E-state index in [2.05, 4.69) is 10.2 Å². The van der Waals surface area contributed by atoms with Crippen molar-refractivity contribution in [3.8, 4) is 0 Å². The van der Waals surface area contributed by atoms with E-state index in [0.29, 0.717) is 18.8 Å². The molecule has 1 heterocycles. The van der Waals surface area contributed by atoms with Crippen LogP contribution in [0.25, 0.3) is 0 Å². The third-order valence-corrected chi connectivity index (χ3v) is 3.99. The molecule has 0 saturated carbocycles. The van der Waals surface area contributed by atoms with Crippen LogP contribution in [0, 0.1) is 0 Å². The topological polar surface area (TPSA) is 90.9 Å². The summed E-state index contributed by atoms with van der Waals surface area (Å²) in [6, 6.07) is 9.38. The molecule has 7 heteroatoms. The van der Waals surface area contributed by atoms with E-state index in [1.54, 1.807) is 4.57 Å². The molecule has 2 aromatic rings. The van der Waals surface area contributed by atoms with Gasteiger partial charge in [-0.05, 0) is 18.9 Å². The molecule has 0 aliphatic rings. The molecule has 0 bridgehead atoms. The summed E-state index contributed by atoms with van der Waals surface area (Å²) in [5.41, 5.74) is 7.22. The van der Waals surface area contributed by atoms with Gasteiger partial charge in [-0.3, -0.25) is 0 Å². The fraction of sp³-hybridized carbons (Fsp3) is 0.385. The Bertz CT molecular complexity index is 680. The van der Waals surface area contributed by atoms with Crippen molar-refractivity contribution in [2.75, 3.05) is 6.26 Å². The van der Waals surface area contributed by atoms with Crippen LogP contribution < -0.4 is 5.73 Å². The van der Waals surface area contributed by atoms with Crippen LogP contribution >= 0.6 is 0 Å². The van der Waals surface area contributed by atoms with Crippen molar-refractivity contribution in [1.29, 1.82) is 0 Å². The van der Waals surface area contributed by atoms with Gasteiger partial charge in [0.1, 0.15) is 0 Å². The minimum absolute atomic E-state index is 0.0292. The summed E-state index contributed by atoms with van der Waals surface area (Å²) in [4.78, 5) is 0. The van der Waals surface area contributed by atoms with E-state index >= 15 is 0 Å². The first-order chi connectivity index (χ1) is 9.43. The number of nitrogens with zero attached hydrogens (tertiary/aromatic N) is 3. The van der Waals surface area contributed by atoms with Crippen molar-refractivity contribution >= 4 is 9.84 Å². The van der Waals surface area contributed by atoms with Gasteiger partial charge in [0.05, 0.1) is 6.04 Å². The summed E-state index contributed by atoms with van der Waals surface area (Å²) in [5, 5.41) is 7.70. The zero-order valence-electron chi connectivity index (χ0n) is 11.5. The van der Waals surface area contributed by atoms with Crippen LogP contribution in [-0.2, 0) is 22.8 Å². The largest absolute Gasteiger partial charge is 0.321 e. The van der Waals surface area contributed by atoms with E-state index in [0.717, 1.165) is 11.8 Å². The van der Waals surface area contributed by atoms with Crippen molar-refractivity contribution in [1.82, 2.24) is 14.8 Å². The Labute approximate surface area is 118 Å². The first-order valence-electron chi connectivity index (χ1n) is 6.36. The molecule has 108 valence electrons. The molecule has 0 aliphatic heterocycles. The average Bonchev–Trinajstić information content (AvgIpc) is 2.83. The SMILES string of the molecule is CCn1c([C@@H](N)Cc2ccccc2)nnc1S(C)(=O)=O. The zero-order chi connectivity index (χ0) is 14.8. The van der Waals surface area contributed by atoms with Gasteiger partial charge in [0.15, 0.2) is 5.82 Å². The molecule has 0 amide bonds. The molecule has 20 heavy (non-hydrogen) atoms. The van der Waals surface area contributed by atoms with Gasteiger partial charge in [-0.1, -0.05) is 30.3 Å². The van der Waals surface area contributed by atoms with Crippen LogP contribution in [0.1, 0.15) is 24.4 Å². The molecule has 6 nitrogen and oxygen atoms in total. The smallest absolute Gasteiger partial charge is 0.249 e. The van der Waals surface area contributed by atoms with E-state index in [1.165, 1.54) is 0 Å². The average molecular weight is 294 g/mol. The molecule has 2 rings (SSSR count). The highest BCUT2D eigenvalue weighted by atomic mass is 32.2. The fourth-order valence-corrected chi connectivity index (χ4v) is 2.92. The van der Waals surface area contributed by atoms with Crippen LogP contribution in [0.15, 0.2) is 35.5 Å².